The van der Waals surface area contributed by atoms with Gasteiger partial charge >= 0.3 is 0 Å². The molecule has 0 aromatic heterocycles. The number of rotatable bonds is 7. The van der Waals surface area contributed by atoms with Gasteiger partial charge in [-0.3, -0.25) is 14.5 Å². The first-order chi connectivity index (χ1) is 15.0. The van der Waals surface area contributed by atoms with Gasteiger partial charge in [0.2, 0.25) is 5.91 Å². The second-order valence-corrected chi connectivity index (χ2v) is 10.8. The average molecular weight is 431 g/mol. The van der Waals surface area contributed by atoms with Gasteiger partial charge in [-0.1, -0.05) is 57.8 Å². The second kappa shape index (κ2) is 9.91. The van der Waals surface area contributed by atoms with E-state index in [4.69, 9.17) is 10.7 Å². The predicted molar refractivity (Wildman–Crippen MR) is 123 cm³/mol. The fourth-order valence-corrected chi connectivity index (χ4v) is 6.67. The standard InChI is InChI=1S/C25H42N4O2/c1-29-23(31)25(28-24(29)26,15-14-18-8-3-2-4-9-18)17-19-10-7-13-21(16-19)27-22(30)20-11-5-6-12-20/h18-21H,2-17H2,1H3,(H2,26,28)(H,27,30). The van der Waals surface area contributed by atoms with Crippen LogP contribution in [0, 0.1) is 17.8 Å². The van der Waals surface area contributed by atoms with Crippen LogP contribution in [0.25, 0.3) is 0 Å². The lowest BCUT2D eigenvalue weighted by molar-refractivity contribution is -0.131. The molecule has 3 unspecified atom stereocenters. The van der Waals surface area contributed by atoms with Crippen LogP contribution < -0.4 is 11.1 Å². The molecule has 2 amide bonds. The molecule has 0 saturated heterocycles. The van der Waals surface area contributed by atoms with Crippen molar-refractivity contribution in [3.8, 4) is 0 Å². The zero-order chi connectivity index (χ0) is 21.8. The van der Waals surface area contributed by atoms with E-state index in [1.807, 2.05) is 0 Å². The normalized spacial score (nSPS) is 33.0. The smallest absolute Gasteiger partial charge is 0.257 e. The maximum Gasteiger partial charge on any atom is 0.257 e. The number of hydrogen-bond acceptors (Lipinski definition) is 4. The number of likely N-dealkylation sites (N-methyl/N-ethyl adjacent to an activating group) is 1. The molecule has 3 atom stereocenters. The highest BCUT2D eigenvalue weighted by Crippen LogP contribution is 2.40. The number of nitrogens with one attached hydrogen (secondary N) is 1. The molecule has 6 nitrogen and oxygen atoms in total. The van der Waals surface area contributed by atoms with Crippen LogP contribution in [0.5, 0.6) is 0 Å². The molecule has 1 heterocycles. The van der Waals surface area contributed by atoms with Crippen LogP contribution in [0.4, 0.5) is 0 Å². The number of carbonyl (C=O) groups excluding carboxylic acids is 2. The highest BCUT2D eigenvalue weighted by molar-refractivity contribution is 6.06. The molecule has 3 fully saturated rings. The molecule has 3 saturated carbocycles. The quantitative estimate of drug-likeness (QED) is 0.636. The summed E-state index contributed by atoms with van der Waals surface area (Å²) in [6, 6.07) is 0.248. The molecule has 31 heavy (non-hydrogen) atoms. The largest absolute Gasteiger partial charge is 0.369 e. The Morgan fingerprint density at radius 1 is 1.03 bits per heavy atom. The van der Waals surface area contributed by atoms with Crippen molar-refractivity contribution in [2.24, 2.45) is 28.5 Å². The van der Waals surface area contributed by atoms with E-state index in [1.54, 1.807) is 11.9 Å². The van der Waals surface area contributed by atoms with Crippen LogP contribution in [0.1, 0.15) is 103 Å². The van der Waals surface area contributed by atoms with Gasteiger partial charge in [0.15, 0.2) is 5.96 Å². The molecule has 4 rings (SSSR count). The Kier molecular flexibility index (Phi) is 7.22. The maximum absolute atomic E-state index is 13.3. The zero-order valence-electron chi connectivity index (χ0n) is 19.4. The first kappa shape index (κ1) is 22.6. The van der Waals surface area contributed by atoms with Crippen molar-refractivity contribution in [2.45, 2.75) is 114 Å². The lowest BCUT2D eigenvalue weighted by Gasteiger charge is -2.36. The number of nitrogens with zero attached hydrogens (tertiary/aromatic N) is 2. The number of carbonyl (C=O) groups is 2. The van der Waals surface area contributed by atoms with E-state index in [9.17, 15) is 9.59 Å². The summed E-state index contributed by atoms with van der Waals surface area (Å²) in [4.78, 5) is 32.3. The number of aliphatic imine (C=N–C) groups is 1. The zero-order valence-corrected chi connectivity index (χ0v) is 19.4. The summed E-state index contributed by atoms with van der Waals surface area (Å²) in [5.41, 5.74) is 5.44. The fraction of sp³-hybridized carbons (Fsp3) is 0.880. The lowest BCUT2D eigenvalue weighted by Crippen LogP contribution is -2.45. The van der Waals surface area contributed by atoms with Crippen LogP contribution in [0.15, 0.2) is 4.99 Å². The summed E-state index contributed by atoms with van der Waals surface area (Å²) in [7, 11) is 1.76. The van der Waals surface area contributed by atoms with Crippen molar-refractivity contribution in [1.82, 2.24) is 10.2 Å². The van der Waals surface area contributed by atoms with Gasteiger partial charge in [0.05, 0.1) is 0 Å². The van der Waals surface area contributed by atoms with Crippen molar-refractivity contribution in [3.63, 3.8) is 0 Å². The van der Waals surface area contributed by atoms with Gasteiger partial charge in [-0.25, -0.2) is 4.99 Å². The van der Waals surface area contributed by atoms with Crippen molar-refractivity contribution in [1.29, 1.82) is 0 Å². The van der Waals surface area contributed by atoms with E-state index in [0.29, 0.717) is 11.9 Å². The Balaban J connectivity index is 1.38. The molecule has 4 aliphatic rings. The van der Waals surface area contributed by atoms with Crippen molar-refractivity contribution >= 4 is 17.8 Å². The number of nitrogens with two attached hydrogens (primary N) is 1. The Hall–Kier alpha value is -1.59. The minimum atomic E-state index is -0.682. The molecule has 1 aliphatic heterocycles. The minimum absolute atomic E-state index is 0.0814. The topological polar surface area (TPSA) is 87.8 Å². The molecular formula is C25H42N4O2. The highest BCUT2D eigenvalue weighted by Gasteiger charge is 2.48. The molecule has 174 valence electrons. The second-order valence-electron chi connectivity index (χ2n) is 10.8. The Labute approximate surface area is 187 Å². The van der Waals surface area contributed by atoms with E-state index in [1.165, 1.54) is 44.9 Å². The minimum Gasteiger partial charge on any atom is -0.369 e. The third-order valence-electron chi connectivity index (χ3n) is 8.55. The van der Waals surface area contributed by atoms with E-state index in [-0.39, 0.29) is 23.8 Å². The van der Waals surface area contributed by atoms with E-state index < -0.39 is 5.54 Å². The molecule has 0 aromatic rings. The van der Waals surface area contributed by atoms with Gasteiger partial charge in [-0.05, 0) is 56.8 Å². The number of amides is 2. The van der Waals surface area contributed by atoms with Crippen LogP contribution in [0.2, 0.25) is 0 Å². The number of guanidine groups is 1. The lowest BCUT2D eigenvalue weighted by atomic mass is 9.74. The van der Waals surface area contributed by atoms with E-state index in [0.717, 1.165) is 63.7 Å². The molecule has 0 radical (unpaired) electrons. The monoisotopic (exact) mass is 430 g/mol. The SMILES string of the molecule is CN1C(=O)C(CCC2CCCCC2)(CC2CCCC(NC(=O)C3CCCC3)C2)N=C1N. The summed E-state index contributed by atoms with van der Waals surface area (Å²) >= 11 is 0. The molecule has 0 spiro atoms. The van der Waals surface area contributed by atoms with Crippen LogP contribution in [0.3, 0.4) is 0 Å². The van der Waals surface area contributed by atoms with Crippen LogP contribution >= 0.6 is 0 Å². The third-order valence-corrected chi connectivity index (χ3v) is 8.55. The molecule has 0 aromatic carbocycles. The van der Waals surface area contributed by atoms with Gasteiger partial charge in [-0.2, -0.15) is 0 Å². The van der Waals surface area contributed by atoms with Crippen LogP contribution in [-0.4, -0.2) is 41.3 Å². The van der Waals surface area contributed by atoms with E-state index >= 15 is 0 Å². The molecular weight excluding hydrogens is 388 g/mol. The highest BCUT2D eigenvalue weighted by atomic mass is 16.2. The Bertz CT molecular complexity index is 681. The molecule has 0 bridgehead atoms. The predicted octanol–water partition coefficient (Wildman–Crippen LogP) is 4.13. The Morgan fingerprint density at radius 3 is 2.39 bits per heavy atom. The van der Waals surface area contributed by atoms with Crippen LogP contribution in [-0.2, 0) is 9.59 Å². The van der Waals surface area contributed by atoms with Crippen molar-refractivity contribution in [3.05, 3.63) is 0 Å². The third kappa shape index (κ3) is 5.25. The maximum atomic E-state index is 13.3. The first-order valence-corrected chi connectivity index (χ1v) is 12.9. The summed E-state index contributed by atoms with van der Waals surface area (Å²) in [5, 5.41) is 3.35. The summed E-state index contributed by atoms with van der Waals surface area (Å²) in [6.45, 7) is 0. The molecule has 3 aliphatic carbocycles. The van der Waals surface area contributed by atoms with Gasteiger partial charge in [0.1, 0.15) is 5.54 Å². The van der Waals surface area contributed by atoms with Gasteiger partial charge in [0.25, 0.3) is 5.91 Å². The fourth-order valence-electron chi connectivity index (χ4n) is 6.67. The van der Waals surface area contributed by atoms with Gasteiger partial charge < -0.3 is 11.1 Å². The summed E-state index contributed by atoms with van der Waals surface area (Å²) in [5.74, 6) is 2.07. The first-order valence-electron chi connectivity index (χ1n) is 12.9. The summed E-state index contributed by atoms with van der Waals surface area (Å²) in [6.07, 6.45) is 18.0. The number of hydrogen-bond donors (Lipinski definition) is 2. The Morgan fingerprint density at radius 2 is 1.71 bits per heavy atom. The summed E-state index contributed by atoms with van der Waals surface area (Å²) < 4.78 is 0. The molecule has 6 heteroatoms. The van der Waals surface area contributed by atoms with Crippen molar-refractivity contribution in [2.75, 3.05) is 7.05 Å². The van der Waals surface area contributed by atoms with Crippen molar-refractivity contribution < 1.29 is 9.59 Å². The average Bonchev–Trinajstić information content (AvgIpc) is 3.38. The van der Waals surface area contributed by atoms with E-state index in [2.05, 4.69) is 5.32 Å². The molecule has 3 N–H and O–H groups in total. The van der Waals surface area contributed by atoms with Gasteiger partial charge in [-0.15, -0.1) is 0 Å². The van der Waals surface area contributed by atoms with Gasteiger partial charge in [0, 0.05) is 19.0 Å².